The highest BCUT2D eigenvalue weighted by Gasteiger charge is 2.21. The van der Waals surface area contributed by atoms with E-state index in [0.717, 1.165) is 6.21 Å². The van der Waals surface area contributed by atoms with Crippen LogP contribution < -0.4 is 16.8 Å². The van der Waals surface area contributed by atoms with Crippen molar-refractivity contribution in [2.24, 2.45) is 21.7 Å². The lowest BCUT2D eigenvalue weighted by molar-refractivity contribution is -0.114. The van der Waals surface area contributed by atoms with Crippen molar-refractivity contribution in [3.05, 3.63) is 58.2 Å². The van der Waals surface area contributed by atoms with Gasteiger partial charge in [-0.15, -0.1) is 0 Å². The Morgan fingerprint density at radius 1 is 1.47 bits per heavy atom. The zero-order valence-corrected chi connectivity index (χ0v) is 19.0. The zero-order chi connectivity index (χ0) is 24.4. The number of likely N-dealkylation sites (N-methyl/N-ethyl adjacent to an activating group) is 2. The van der Waals surface area contributed by atoms with E-state index in [4.69, 9.17) is 16.9 Å². The summed E-state index contributed by atoms with van der Waals surface area (Å²) in [5.41, 5.74) is 11.8. The summed E-state index contributed by atoms with van der Waals surface area (Å²) in [5, 5.41) is 21.7. The molecule has 0 spiro atoms. The predicted molar refractivity (Wildman–Crippen MR) is 127 cm³/mol. The Balaban J connectivity index is 3.10. The van der Waals surface area contributed by atoms with Gasteiger partial charge in [-0.25, -0.2) is 4.39 Å². The molecule has 0 saturated heterocycles. The number of aldehydes is 1. The molecule has 0 aromatic rings. The molecule has 12 heteroatoms. The number of carbonyl (C=O) groups excluding carboxylic acids is 2. The highest BCUT2D eigenvalue weighted by molar-refractivity contribution is 8.17. The van der Waals surface area contributed by atoms with E-state index >= 15 is 0 Å². The molecular formula is C20H27FN8O2S. The standard InChI is InChI=1S/C20H27FN8O2S/c1-12(16(21)9-25-3)6-19-27-29(5)18(11-30)15(13(2)32-19)8-26-28(4)10-17(23)14(7-22)20(24)31/h7-9,11,22,25H,1-2,6,10,23H2,3-5H3,(H2,24,31)/b16-9+,17-14?,22-7?,26-8-. The van der Waals surface area contributed by atoms with Crippen LogP contribution in [0.4, 0.5) is 4.39 Å². The number of nitrogens with zero attached hydrogens (tertiary/aromatic N) is 4. The van der Waals surface area contributed by atoms with Crippen molar-refractivity contribution in [3.8, 4) is 0 Å². The molecule has 1 rings (SSSR count). The van der Waals surface area contributed by atoms with E-state index in [-0.39, 0.29) is 35.5 Å². The molecular weight excluding hydrogens is 435 g/mol. The average molecular weight is 463 g/mol. The molecule has 0 aromatic carbocycles. The molecule has 0 unspecified atom stereocenters. The van der Waals surface area contributed by atoms with Gasteiger partial charge in [0.15, 0.2) is 6.29 Å². The van der Waals surface area contributed by atoms with Crippen molar-refractivity contribution in [2.75, 3.05) is 27.7 Å². The lowest BCUT2D eigenvalue weighted by Gasteiger charge is -2.16. The van der Waals surface area contributed by atoms with Gasteiger partial charge in [0.2, 0.25) is 0 Å². The minimum absolute atomic E-state index is 0.0158. The molecule has 0 radical (unpaired) electrons. The van der Waals surface area contributed by atoms with Crippen molar-refractivity contribution in [1.82, 2.24) is 15.3 Å². The summed E-state index contributed by atoms with van der Waals surface area (Å²) in [6.45, 7) is 7.72. The first kappa shape index (κ1) is 26.4. The van der Waals surface area contributed by atoms with Crippen LogP contribution in [0.1, 0.15) is 6.42 Å². The summed E-state index contributed by atoms with van der Waals surface area (Å²) in [5.74, 6) is -1.32. The van der Waals surface area contributed by atoms with Crippen LogP contribution in [0.3, 0.4) is 0 Å². The number of primary amides is 1. The number of nitrogens with two attached hydrogens (primary N) is 2. The van der Waals surface area contributed by atoms with Gasteiger partial charge < -0.3 is 22.2 Å². The molecule has 1 amide bonds. The molecule has 0 saturated carbocycles. The first-order valence-electron chi connectivity index (χ1n) is 9.18. The number of carbonyl (C=O) groups is 2. The summed E-state index contributed by atoms with van der Waals surface area (Å²) < 4.78 is 14.0. The van der Waals surface area contributed by atoms with Gasteiger partial charge in [-0.3, -0.25) is 19.6 Å². The van der Waals surface area contributed by atoms with Crippen LogP contribution in [0.25, 0.3) is 0 Å². The Morgan fingerprint density at radius 2 is 2.12 bits per heavy atom. The Kier molecular flexibility index (Phi) is 10.1. The number of thioether (sulfide) groups is 1. The van der Waals surface area contributed by atoms with Crippen LogP contribution in [-0.4, -0.2) is 67.4 Å². The summed E-state index contributed by atoms with van der Waals surface area (Å²) in [4.78, 5) is 23.5. The first-order chi connectivity index (χ1) is 15.0. The van der Waals surface area contributed by atoms with Crippen molar-refractivity contribution in [1.29, 1.82) is 5.41 Å². The lowest BCUT2D eigenvalue weighted by atomic mass is 10.2. The van der Waals surface area contributed by atoms with Crippen LogP contribution in [0.15, 0.2) is 68.4 Å². The SMILES string of the molecule is C=C1SC(CC(=C)/C(F)=C\NC)=NN(C)C(C=O)=C1/C=N\N(C)CC(N)=C(C=N)C(N)=O. The van der Waals surface area contributed by atoms with Gasteiger partial charge in [0.1, 0.15) is 16.6 Å². The van der Waals surface area contributed by atoms with Gasteiger partial charge in [-0.1, -0.05) is 24.9 Å². The van der Waals surface area contributed by atoms with Crippen LogP contribution in [0.2, 0.25) is 0 Å². The Hall–Kier alpha value is -3.67. The quantitative estimate of drug-likeness (QED) is 0.118. The number of amides is 1. The monoisotopic (exact) mass is 462 g/mol. The molecule has 10 nitrogen and oxygen atoms in total. The fourth-order valence-corrected chi connectivity index (χ4v) is 3.41. The number of halogens is 1. The van der Waals surface area contributed by atoms with Crippen molar-refractivity contribution >= 4 is 41.4 Å². The van der Waals surface area contributed by atoms with Gasteiger partial charge in [0.25, 0.3) is 5.91 Å². The minimum Gasteiger partial charge on any atom is -0.400 e. The van der Waals surface area contributed by atoms with Gasteiger partial charge in [0, 0.05) is 56.2 Å². The molecule has 172 valence electrons. The second kappa shape index (κ2) is 12.2. The second-order valence-electron chi connectivity index (χ2n) is 6.53. The van der Waals surface area contributed by atoms with Crippen LogP contribution in [-0.2, 0) is 9.59 Å². The van der Waals surface area contributed by atoms with E-state index < -0.39 is 11.7 Å². The third-order valence-electron chi connectivity index (χ3n) is 4.05. The molecule has 0 atom stereocenters. The third-order valence-corrected chi connectivity index (χ3v) is 4.98. The van der Waals surface area contributed by atoms with Crippen molar-refractivity contribution in [3.63, 3.8) is 0 Å². The average Bonchev–Trinajstić information content (AvgIpc) is 2.81. The Morgan fingerprint density at radius 3 is 2.66 bits per heavy atom. The molecule has 0 aromatic heterocycles. The molecule has 32 heavy (non-hydrogen) atoms. The second-order valence-corrected chi connectivity index (χ2v) is 7.70. The fourth-order valence-electron chi connectivity index (χ4n) is 2.45. The molecule has 1 aliphatic rings. The van der Waals surface area contributed by atoms with Crippen LogP contribution >= 0.6 is 11.8 Å². The number of rotatable bonds is 11. The maximum absolute atomic E-state index is 14.0. The summed E-state index contributed by atoms with van der Waals surface area (Å²) in [7, 11) is 4.74. The normalized spacial score (nSPS) is 15.8. The number of allylic oxidation sites excluding steroid dienone is 4. The Bertz CT molecular complexity index is 965. The number of nitrogens with one attached hydrogen (secondary N) is 2. The summed E-state index contributed by atoms with van der Waals surface area (Å²) >= 11 is 1.17. The van der Waals surface area contributed by atoms with Gasteiger partial charge in [-0.05, 0) is 5.57 Å². The van der Waals surface area contributed by atoms with Crippen molar-refractivity contribution in [2.45, 2.75) is 6.42 Å². The molecule has 0 fully saturated rings. The maximum atomic E-state index is 14.0. The highest BCUT2D eigenvalue weighted by Crippen LogP contribution is 2.32. The molecule has 0 aliphatic carbocycles. The van der Waals surface area contributed by atoms with E-state index in [2.05, 4.69) is 28.7 Å². The van der Waals surface area contributed by atoms with Gasteiger partial charge in [-0.2, -0.15) is 10.2 Å². The van der Waals surface area contributed by atoms with E-state index in [1.54, 1.807) is 21.1 Å². The molecule has 0 bridgehead atoms. The first-order valence-corrected chi connectivity index (χ1v) is 10.00. The van der Waals surface area contributed by atoms with Crippen molar-refractivity contribution < 1.29 is 14.0 Å². The smallest absolute Gasteiger partial charge is 0.252 e. The highest BCUT2D eigenvalue weighted by atomic mass is 32.2. The van der Waals surface area contributed by atoms with E-state index in [9.17, 15) is 14.0 Å². The number of hydrogen-bond donors (Lipinski definition) is 4. The minimum atomic E-state index is -0.816. The Labute approximate surface area is 190 Å². The molecule has 1 heterocycles. The zero-order valence-electron chi connectivity index (χ0n) is 18.2. The lowest BCUT2D eigenvalue weighted by Crippen LogP contribution is -2.26. The third kappa shape index (κ3) is 7.23. The van der Waals surface area contributed by atoms with Crippen LogP contribution in [0.5, 0.6) is 0 Å². The molecule has 1 aliphatic heterocycles. The largest absolute Gasteiger partial charge is 0.400 e. The predicted octanol–water partition coefficient (Wildman–Crippen LogP) is 1.19. The fraction of sp³-hybridized carbons (Fsp3) is 0.250. The van der Waals surface area contributed by atoms with Crippen LogP contribution in [0, 0.1) is 5.41 Å². The topological polar surface area (TPSA) is 153 Å². The molecule has 6 N–H and O–H groups in total. The van der Waals surface area contributed by atoms with Gasteiger partial charge in [0.05, 0.1) is 18.3 Å². The van der Waals surface area contributed by atoms with E-state index in [0.29, 0.717) is 21.8 Å². The summed E-state index contributed by atoms with van der Waals surface area (Å²) in [6.07, 6.45) is 4.11. The van der Waals surface area contributed by atoms with Gasteiger partial charge >= 0.3 is 0 Å². The number of hydrogen-bond acceptors (Lipinski definition) is 10. The summed E-state index contributed by atoms with van der Waals surface area (Å²) in [6, 6.07) is 0. The van der Waals surface area contributed by atoms with E-state index in [1.165, 1.54) is 34.2 Å². The number of hydrazone groups is 2. The maximum Gasteiger partial charge on any atom is 0.252 e. The van der Waals surface area contributed by atoms with E-state index in [1.807, 2.05) is 0 Å².